The quantitative estimate of drug-likeness (QED) is 0.309. The molecule has 1 N–H and O–H groups in total. The van der Waals surface area contributed by atoms with Crippen LogP contribution in [-0.4, -0.2) is 36.5 Å². The third-order valence-electron chi connectivity index (χ3n) is 8.22. The molecule has 1 amide bonds. The minimum Gasteiger partial charge on any atom is -0.360 e. The number of alkyl halides is 3. The minimum atomic E-state index is -4.63. The van der Waals surface area contributed by atoms with Gasteiger partial charge in [0.2, 0.25) is 5.91 Å². The number of piperidine rings is 1. The van der Waals surface area contributed by atoms with Crippen LogP contribution in [0.15, 0.2) is 66.7 Å². The predicted octanol–water partition coefficient (Wildman–Crippen LogP) is 7.79. The maximum atomic E-state index is 13.3. The highest BCUT2D eigenvalue weighted by atomic mass is 35.5. The largest absolute Gasteiger partial charge is 0.417 e. The molecule has 1 aliphatic heterocycles. The van der Waals surface area contributed by atoms with E-state index in [4.69, 9.17) is 16.3 Å². The second-order valence-corrected chi connectivity index (χ2v) is 11.2. The van der Waals surface area contributed by atoms with E-state index in [1.807, 2.05) is 42.5 Å². The number of amides is 1. The van der Waals surface area contributed by atoms with Crippen molar-refractivity contribution in [1.29, 1.82) is 5.26 Å². The molecule has 2 aliphatic rings. The topological polar surface area (TPSA) is 65.4 Å². The Labute approximate surface area is 242 Å². The van der Waals surface area contributed by atoms with Crippen LogP contribution in [0.5, 0.6) is 0 Å². The van der Waals surface area contributed by atoms with Crippen LogP contribution in [0.1, 0.15) is 55.2 Å². The van der Waals surface area contributed by atoms with Crippen molar-refractivity contribution in [3.8, 4) is 17.2 Å². The average molecular weight is 582 g/mol. The first kappa shape index (κ1) is 29.1. The Hall–Kier alpha value is -3.38. The maximum Gasteiger partial charge on any atom is 0.417 e. The SMILES string of the molecule is N#Cc1cccc(-c2ccc(C3(OCC(=O)Nc4ccc(Cl)c(C(F)(F)F)c4)CCN(C4CCCC4)CC3)cc2)c1. The number of benzene rings is 3. The van der Waals surface area contributed by atoms with Gasteiger partial charge >= 0.3 is 6.18 Å². The number of nitriles is 1. The average Bonchev–Trinajstić information content (AvgIpc) is 3.52. The van der Waals surface area contributed by atoms with E-state index >= 15 is 0 Å². The van der Waals surface area contributed by atoms with Crippen molar-refractivity contribution in [3.05, 3.63) is 88.4 Å². The van der Waals surface area contributed by atoms with E-state index < -0.39 is 28.3 Å². The smallest absolute Gasteiger partial charge is 0.360 e. The van der Waals surface area contributed by atoms with Gasteiger partial charge in [-0.3, -0.25) is 4.79 Å². The van der Waals surface area contributed by atoms with Crippen molar-refractivity contribution in [2.24, 2.45) is 0 Å². The van der Waals surface area contributed by atoms with E-state index in [1.165, 1.54) is 31.7 Å². The molecule has 5 nitrogen and oxygen atoms in total. The summed E-state index contributed by atoms with van der Waals surface area (Å²) in [6.45, 7) is 1.37. The van der Waals surface area contributed by atoms with Gasteiger partial charge in [-0.1, -0.05) is 60.8 Å². The van der Waals surface area contributed by atoms with Crippen LogP contribution in [0.25, 0.3) is 11.1 Å². The van der Waals surface area contributed by atoms with Crippen LogP contribution >= 0.6 is 11.6 Å². The zero-order chi connectivity index (χ0) is 29.0. The minimum absolute atomic E-state index is 0.00406. The number of anilines is 1. The molecule has 0 unspecified atom stereocenters. The summed E-state index contributed by atoms with van der Waals surface area (Å²) in [6.07, 6.45) is 1.66. The lowest BCUT2D eigenvalue weighted by Gasteiger charge is -2.44. The molecule has 3 aromatic carbocycles. The van der Waals surface area contributed by atoms with E-state index in [1.54, 1.807) is 6.07 Å². The maximum absolute atomic E-state index is 13.3. The molecule has 0 bridgehead atoms. The van der Waals surface area contributed by atoms with Crippen molar-refractivity contribution >= 4 is 23.2 Å². The van der Waals surface area contributed by atoms with Gasteiger partial charge in [0.25, 0.3) is 0 Å². The van der Waals surface area contributed by atoms with Gasteiger partial charge in [0.05, 0.1) is 27.8 Å². The normalized spacial score (nSPS) is 17.7. The predicted molar refractivity (Wildman–Crippen MR) is 152 cm³/mol. The molecule has 1 heterocycles. The number of nitrogens with one attached hydrogen (secondary N) is 1. The van der Waals surface area contributed by atoms with E-state index in [0.29, 0.717) is 24.4 Å². The molecular formula is C32H31ClF3N3O2. The third-order valence-corrected chi connectivity index (χ3v) is 8.55. The lowest BCUT2D eigenvalue weighted by molar-refractivity contribution is -0.137. The van der Waals surface area contributed by atoms with Gasteiger partial charge in [0, 0.05) is 24.8 Å². The van der Waals surface area contributed by atoms with Crippen molar-refractivity contribution in [1.82, 2.24) is 4.90 Å². The monoisotopic (exact) mass is 581 g/mol. The molecule has 0 aromatic heterocycles. The van der Waals surface area contributed by atoms with Crippen molar-refractivity contribution in [3.63, 3.8) is 0 Å². The molecule has 0 radical (unpaired) electrons. The Kier molecular flexibility index (Phi) is 8.69. The summed E-state index contributed by atoms with van der Waals surface area (Å²) >= 11 is 5.71. The molecule has 5 rings (SSSR count). The fourth-order valence-electron chi connectivity index (χ4n) is 5.99. The van der Waals surface area contributed by atoms with Crippen LogP contribution in [0.4, 0.5) is 18.9 Å². The van der Waals surface area contributed by atoms with Gasteiger partial charge in [-0.2, -0.15) is 18.4 Å². The van der Waals surface area contributed by atoms with Crippen LogP contribution in [0, 0.1) is 11.3 Å². The molecule has 2 fully saturated rings. The molecule has 214 valence electrons. The van der Waals surface area contributed by atoms with Gasteiger partial charge in [-0.15, -0.1) is 0 Å². The number of nitrogens with zero attached hydrogens (tertiary/aromatic N) is 2. The molecule has 0 atom stereocenters. The summed E-state index contributed by atoms with van der Waals surface area (Å²) in [5, 5.41) is 11.4. The van der Waals surface area contributed by atoms with Crippen molar-refractivity contribution in [2.45, 2.75) is 56.3 Å². The fourth-order valence-corrected chi connectivity index (χ4v) is 6.22. The number of hydrogen-bond acceptors (Lipinski definition) is 4. The number of carbonyl (C=O) groups excluding carboxylic acids is 1. The van der Waals surface area contributed by atoms with Crippen molar-refractivity contribution in [2.75, 3.05) is 25.0 Å². The standard InChI is InChI=1S/C32H31ClF3N3O2/c33-29-13-12-26(19-28(29)32(34,35)36)38-30(40)21-41-31(14-16-39(17-15-31)27-6-1-2-7-27)25-10-8-23(9-11-25)24-5-3-4-22(18-24)20-37/h3-5,8-13,18-19,27H,1-2,6-7,14-17,21H2,(H,38,40). The molecule has 3 aromatic rings. The lowest BCUT2D eigenvalue weighted by atomic mass is 9.82. The van der Waals surface area contributed by atoms with E-state index in [9.17, 15) is 23.2 Å². The van der Waals surface area contributed by atoms with Crippen LogP contribution in [-0.2, 0) is 21.3 Å². The fraction of sp³-hybridized carbons (Fsp3) is 0.375. The number of likely N-dealkylation sites (tertiary alicyclic amines) is 1. The van der Waals surface area contributed by atoms with Crippen LogP contribution in [0.2, 0.25) is 5.02 Å². The highest BCUT2D eigenvalue weighted by molar-refractivity contribution is 6.31. The number of ether oxygens (including phenoxy) is 1. The summed E-state index contributed by atoms with van der Waals surface area (Å²) in [5.41, 5.74) is 1.71. The van der Waals surface area contributed by atoms with Gasteiger partial charge in [0.1, 0.15) is 6.61 Å². The highest BCUT2D eigenvalue weighted by Gasteiger charge is 2.40. The molecule has 41 heavy (non-hydrogen) atoms. The summed E-state index contributed by atoms with van der Waals surface area (Å²) in [6, 6.07) is 21.4. The van der Waals surface area contributed by atoms with Gasteiger partial charge in [-0.25, -0.2) is 0 Å². The Bertz CT molecular complexity index is 1420. The summed E-state index contributed by atoms with van der Waals surface area (Å²) in [4.78, 5) is 15.4. The zero-order valence-corrected chi connectivity index (χ0v) is 23.3. The second-order valence-electron chi connectivity index (χ2n) is 10.8. The molecule has 0 spiro atoms. The summed E-state index contributed by atoms with van der Waals surface area (Å²) in [7, 11) is 0. The van der Waals surface area contributed by atoms with E-state index in [-0.39, 0.29) is 12.3 Å². The van der Waals surface area contributed by atoms with Crippen LogP contribution in [0.3, 0.4) is 0 Å². The summed E-state index contributed by atoms with van der Waals surface area (Å²) in [5.74, 6) is -0.539. The van der Waals surface area contributed by atoms with Gasteiger partial charge in [-0.05, 0) is 72.7 Å². The highest BCUT2D eigenvalue weighted by Crippen LogP contribution is 2.40. The number of hydrogen-bond donors (Lipinski definition) is 1. The van der Waals surface area contributed by atoms with E-state index in [0.717, 1.165) is 41.9 Å². The van der Waals surface area contributed by atoms with Gasteiger partial charge < -0.3 is 15.0 Å². The molecular weight excluding hydrogens is 551 g/mol. The Morgan fingerprint density at radius 2 is 1.73 bits per heavy atom. The van der Waals surface area contributed by atoms with Gasteiger partial charge in [0.15, 0.2) is 0 Å². The second kappa shape index (κ2) is 12.2. The Morgan fingerprint density at radius 1 is 1.02 bits per heavy atom. The third kappa shape index (κ3) is 6.75. The first-order valence-corrected chi connectivity index (χ1v) is 14.2. The molecule has 1 aliphatic carbocycles. The Morgan fingerprint density at radius 3 is 2.39 bits per heavy atom. The zero-order valence-electron chi connectivity index (χ0n) is 22.5. The van der Waals surface area contributed by atoms with E-state index in [2.05, 4.69) is 16.3 Å². The van der Waals surface area contributed by atoms with Crippen LogP contribution < -0.4 is 5.32 Å². The first-order valence-electron chi connectivity index (χ1n) is 13.8. The first-order chi connectivity index (χ1) is 19.7. The molecule has 9 heteroatoms. The molecule has 1 saturated heterocycles. The molecule has 1 saturated carbocycles. The van der Waals surface area contributed by atoms with Crippen molar-refractivity contribution < 1.29 is 22.7 Å². The number of carbonyl (C=O) groups is 1. The Balaban J connectivity index is 1.33. The number of halogens is 4. The lowest BCUT2D eigenvalue weighted by Crippen LogP contribution is -2.48. The summed E-state index contributed by atoms with van der Waals surface area (Å²) < 4.78 is 46.2. The number of rotatable bonds is 7.